The lowest BCUT2D eigenvalue weighted by molar-refractivity contribution is 0.0696. The molecule has 3 rings (SSSR count). The number of carboxylic acids is 1. The topological polar surface area (TPSA) is 72.2 Å². The molecule has 0 bridgehead atoms. The number of halogens is 1. The fraction of sp³-hybridized carbons (Fsp3) is 0. The first-order chi connectivity index (χ1) is 10.1. The molecule has 0 saturated heterocycles. The van der Waals surface area contributed by atoms with Gasteiger partial charge in [0.25, 0.3) is 5.56 Å². The van der Waals surface area contributed by atoms with E-state index in [1.165, 1.54) is 22.9 Å². The van der Waals surface area contributed by atoms with E-state index in [-0.39, 0.29) is 11.1 Å². The van der Waals surface area contributed by atoms with Crippen LogP contribution < -0.4 is 5.56 Å². The van der Waals surface area contributed by atoms with Gasteiger partial charge in [-0.3, -0.25) is 14.3 Å². The van der Waals surface area contributed by atoms with E-state index >= 15 is 0 Å². The molecule has 0 atom stereocenters. The Bertz CT molecular complexity index is 918. The van der Waals surface area contributed by atoms with Crippen molar-refractivity contribution in [2.75, 3.05) is 0 Å². The number of benzene rings is 1. The van der Waals surface area contributed by atoms with Gasteiger partial charge in [0.05, 0.1) is 16.8 Å². The van der Waals surface area contributed by atoms with E-state index in [0.717, 1.165) is 9.86 Å². The number of aromatic carboxylic acids is 1. The fourth-order valence-corrected chi connectivity index (χ4v) is 2.46. The first-order valence-corrected chi connectivity index (χ1v) is 6.86. The maximum absolute atomic E-state index is 12.0. The summed E-state index contributed by atoms with van der Waals surface area (Å²) < 4.78 is 2.13. The first-order valence-electron chi connectivity index (χ1n) is 6.07. The van der Waals surface area contributed by atoms with E-state index in [9.17, 15) is 9.59 Å². The smallest absolute Gasteiger partial charge is 0.337 e. The van der Waals surface area contributed by atoms with Gasteiger partial charge in [-0.05, 0) is 34.1 Å². The van der Waals surface area contributed by atoms with Crippen molar-refractivity contribution in [1.82, 2.24) is 9.55 Å². The molecule has 1 N–H and O–H groups in total. The predicted octanol–water partition coefficient (Wildman–Crippen LogP) is 2.85. The third-order valence-corrected chi connectivity index (χ3v) is 3.51. The molecule has 0 spiro atoms. The van der Waals surface area contributed by atoms with Crippen molar-refractivity contribution in [1.29, 1.82) is 0 Å². The standard InChI is InChI=1S/C15H9BrN2O3/c16-11-6-9-2-1-3-12(14(9)17-7-11)18-8-10(15(20)21)4-5-13(18)19/h1-8H,(H,20,21). The molecular weight excluding hydrogens is 336 g/mol. The van der Waals surface area contributed by atoms with Gasteiger partial charge in [0.1, 0.15) is 0 Å². The highest BCUT2D eigenvalue weighted by molar-refractivity contribution is 9.10. The van der Waals surface area contributed by atoms with E-state index in [4.69, 9.17) is 5.11 Å². The average molecular weight is 345 g/mol. The van der Waals surface area contributed by atoms with Crippen LogP contribution in [-0.2, 0) is 0 Å². The molecule has 2 aromatic heterocycles. The highest BCUT2D eigenvalue weighted by Gasteiger charge is 2.10. The highest BCUT2D eigenvalue weighted by atomic mass is 79.9. The van der Waals surface area contributed by atoms with Crippen LogP contribution in [0, 0.1) is 0 Å². The molecule has 6 heteroatoms. The molecule has 0 amide bonds. The SMILES string of the molecule is O=C(O)c1ccc(=O)n(-c2cccc3cc(Br)cnc23)c1. The minimum Gasteiger partial charge on any atom is -0.478 e. The fourth-order valence-electron chi connectivity index (χ4n) is 2.11. The van der Waals surface area contributed by atoms with E-state index in [1.54, 1.807) is 18.3 Å². The molecule has 1 aromatic carbocycles. The summed E-state index contributed by atoms with van der Waals surface area (Å²) >= 11 is 3.35. The average Bonchev–Trinajstić information content (AvgIpc) is 2.46. The van der Waals surface area contributed by atoms with Crippen LogP contribution in [0.1, 0.15) is 10.4 Å². The van der Waals surface area contributed by atoms with Crippen LogP contribution in [0.3, 0.4) is 0 Å². The van der Waals surface area contributed by atoms with Crippen LogP contribution in [0.2, 0.25) is 0 Å². The van der Waals surface area contributed by atoms with Gasteiger partial charge >= 0.3 is 5.97 Å². The number of nitrogens with zero attached hydrogens (tertiary/aromatic N) is 2. The molecule has 0 saturated carbocycles. The molecule has 21 heavy (non-hydrogen) atoms. The number of pyridine rings is 2. The van der Waals surface area contributed by atoms with Crippen molar-refractivity contribution in [3.05, 3.63) is 69.2 Å². The molecular formula is C15H9BrN2O3. The van der Waals surface area contributed by atoms with E-state index in [2.05, 4.69) is 20.9 Å². The summed E-state index contributed by atoms with van der Waals surface area (Å²) in [6, 6.07) is 9.82. The molecule has 0 aliphatic rings. The third kappa shape index (κ3) is 2.45. The quantitative estimate of drug-likeness (QED) is 0.775. The molecule has 0 radical (unpaired) electrons. The number of carbonyl (C=O) groups is 1. The van der Waals surface area contributed by atoms with Gasteiger partial charge in [-0.2, -0.15) is 0 Å². The number of carboxylic acid groups (broad SMARTS) is 1. The Morgan fingerprint density at radius 3 is 2.81 bits per heavy atom. The largest absolute Gasteiger partial charge is 0.478 e. The van der Waals surface area contributed by atoms with Gasteiger partial charge in [0.2, 0.25) is 0 Å². The minimum absolute atomic E-state index is 0.0451. The molecule has 0 unspecified atom stereocenters. The number of para-hydroxylation sites is 1. The highest BCUT2D eigenvalue weighted by Crippen LogP contribution is 2.22. The summed E-state index contributed by atoms with van der Waals surface area (Å²) in [7, 11) is 0. The van der Waals surface area contributed by atoms with Gasteiger partial charge in [0.15, 0.2) is 0 Å². The Morgan fingerprint density at radius 2 is 2.05 bits per heavy atom. The maximum Gasteiger partial charge on any atom is 0.337 e. The second-order valence-corrected chi connectivity index (χ2v) is 5.35. The van der Waals surface area contributed by atoms with Crippen LogP contribution in [0.15, 0.2) is 58.1 Å². The zero-order valence-corrected chi connectivity index (χ0v) is 12.2. The number of rotatable bonds is 2. The monoisotopic (exact) mass is 344 g/mol. The molecule has 5 nitrogen and oxygen atoms in total. The van der Waals surface area contributed by atoms with Crippen molar-refractivity contribution in [3.63, 3.8) is 0 Å². The Balaban J connectivity index is 2.33. The summed E-state index contributed by atoms with van der Waals surface area (Å²) in [6.45, 7) is 0. The van der Waals surface area contributed by atoms with Crippen molar-refractivity contribution in [2.24, 2.45) is 0 Å². The number of aromatic nitrogens is 2. The summed E-state index contributed by atoms with van der Waals surface area (Å²) in [4.78, 5) is 27.4. The maximum atomic E-state index is 12.0. The number of fused-ring (bicyclic) bond motifs is 1. The van der Waals surface area contributed by atoms with Gasteiger partial charge in [0, 0.05) is 28.3 Å². The third-order valence-electron chi connectivity index (χ3n) is 3.07. The van der Waals surface area contributed by atoms with Gasteiger partial charge < -0.3 is 5.11 Å². The lowest BCUT2D eigenvalue weighted by Crippen LogP contribution is -2.18. The minimum atomic E-state index is -1.08. The summed E-state index contributed by atoms with van der Waals surface area (Å²) in [5.74, 6) is -1.08. The van der Waals surface area contributed by atoms with E-state index in [0.29, 0.717) is 11.2 Å². The van der Waals surface area contributed by atoms with Gasteiger partial charge in [-0.1, -0.05) is 12.1 Å². The van der Waals surface area contributed by atoms with Crippen LogP contribution in [0.4, 0.5) is 0 Å². The number of hydrogen-bond acceptors (Lipinski definition) is 3. The van der Waals surface area contributed by atoms with Crippen LogP contribution in [-0.4, -0.2) is 20.6 Å². The molecule has 0 fully saturated rings. The van der Waals surface area contributed by atoms with E-state index < -0.39 is 5.97 Å². The van der Waals surface area contributed by atoms with Crippen molar-refractivity contribution < 1.29 is 9.90 Å². The van der Waals surface area contributed by atoms with E-state index in [1.807, 2.05) is 12.1 Å². The summed E-state index contributed by atoms with van der Waals surface area (Å²) in [5.41, 5.74) is 0.916. The lowest BCUT2D eigenvalue weighted by Gasteiger charge is -2.09. The van der Waals surface area contributed by atoms with Crippen molar-refractivity contribution in [3.8, 4) is 5.69 Å². The Labute approximate surface area is 127 Å². The second kappa shape index (κ2) is 5.14. The van der Waals surface area contributed by atoms with Crippen molar-refractivity contribution in [2.45, 2.75) is 0 Å². The summed E-state index contributed by atoms with van der Waals surface area (Å²) in [6.07, 6.45) is 2.95. The Hall–Kier alpha value is -2.47. The van der Waals surface area contributed by atoms with Gasteiger partial charge in [-0.25, -0.2) is 4.79 Å². The van der Waals surface area contributed by atoms with Crippen LogP contribution in [0.25, 0.3) is 16.6 Å². The predicted molar refractivity (Wildman–Crippen MR) is 82.0 cm³/mol. The zero-order chi connectivity index (χ0) is 15.0. The van der Waals surface area contributed by atoms with Gasteiger partial charge in [-0.15, -0.1) is 0 Å². The molecule has 0 aliphatic heterocycles. The summed E-state index contributed by atoms with van der Waals surface area (Å²) in [5, 5.41) is 9.92. The normalized spacial score (nSPS) is 10.7. The molecule has 3 aromatic rings. The van der Waals surface area contributed by atoms with Crippen LogP contribution in [0.5, 0.6) is 0 Å². The lowest BCUT2D eigenvalue weighted by atomic mass is 10.2. The Morgan fingerprint density at radius 1 is 1.24 bits per heavy atom. The van der Waals surface area contributed by atoms with Crippen molar-refractivity contribution >= 4 is 32.8 Å². The zero-order valence-electron chi connectivity index (χ0n) is 10.7. The number of hydrogen-bond donors (Lipinski definition) is 1. The molecule has 104 valence electrons. The Kier molecular flexibility index (Phi) is 3.31. The van der Waals surface area contributed by atoms with Crippen LogP contribution >= 0.6 is 15.9 Å². The molecule has 2 heterocycles. The molecule has 0 aliphatic carbocycles. The second-order valence-electron chi connectivity index (χ2n) is 4.43. The first kappa shape index (κ1) is 13.5.